The molecule has 0 heterocycles. The van der Waals surface area contributed by atoms with E-state index in [4.69, 9.17) is 0 Å². The van der Waals surface area contributed by atoms with E-state index >= 15 is 0 Å². The van der Waals surface area contributed by atoms with Crippen LogP contribution in [0.2, 0.25) is 0 Å². The Balaban J connectivity index is 2.22. The third-order valence-corrected chi connectivity index (χ3v) is 3.92. The van der Waals surface area contributed by atoms with Gasteiger partial charge in [-0.25, -0.2) is 0 Å². The van der Waals surface area contributed by atoms with Crippen LogP contribution in [-0.2, 0) is 0 Å². The summed E-state index contributed by atoms with van der Waals surface area (Å²) in [6.45, 7) is 4.77. The minimum absolute atomic E-state index is 0.863. The summed E-state index contributed by atoms with van der Waals surface area (Å²) in [5.74, 6) is 3.02. The van der Waals surface area contributed by atoms with Gasteiger partial charge in [-0.2, -0.15) is 11.8 Å². The molecule has 1 aromatic rings. The Hall–Kier alpha value is -0.810. The first-order valence-corrected chi connectivity index (χ1v) is 8.93. The zero-order chi connectivity index (χ0) is 13.8. The number of guanidine groups is 1. The number of rotatable bonds is 8. The smallest absolute Gasteiger partial charge is 0.191 e. The Labute approximate surface area is 125 Å². The van der Waals surface area contributed by atoms with Crippen LogP contribution >= 0.6 is 23.5 Å². The van der Waals surface area contributed by atoms with Crippen LogP contribution in [0.4, 0.5) is 0 Å². The molecule has 1 aromatic carbocycles. The third-order valence-electron chi connectivity index (χ3n) is 2.32. The second kappa shape index (κ2) is 11.1. The topological polar surface area (TPSA) is 36.4 Å². The molecule has 2 N–H and O–H groups in total. The standard InChI is InChI=1S/C14H23N3S2/c1-3-15-14(16-9-11-18-2)17-10-12-19-13-7-5-4-6-8-13/h4-8H,3,9-12H2,1-2H3,(H2,15,16,17). The lowest BCUT2D eigenvalue weighted by Crippen LogP contribution is -2.38. The van der Waals surface area contributed by atoms with Gasteiger partial charge >= 0.3 is 0 Å². The minimum Gasteiger partial charge on any atom is -0.357 e. The summed E-state index contributed by atoms with van der Waals surface area (Å²) in [5.41, 5.74) is 0. The van der Waals surface area contributed by atoms with Crippen molar-refractivity contribution in [3.63, 3.8) is 0 Å². The Kier molecular flexibility index (Phi) is 9.45. The van der Waals surface area contributed by atoms with E-state index in [1.54, 1.807) is 0 Å². The maximum atomic E-state index is 4.51. The van der Waals surface area contributed by atoms with Crippen molar-refractivity contribution >= 4 is 29.5 Å². The second-order valence-electron chi connectivity index (χ2n) is 3.84. The molecule has 3 nitrogen and oxygen atoms in total. The fraction of sp³-hybridized carbons (Fsp3) is 0.500. The van der Waals surface area contributed by atoms with E-state index in [1.807, 2.05) is 29.6 Å². The summed E-state index contributed by atoms with van der Waals surface area (Å²) in [6.07, 6.45) is 2.10. The highest BCUT2D eigenvalue weighted by molar-refractivity contribution is 7.99. The number of nitrogens with zero attached hydrogens (tertiary/aromatic N) is 1. The molecule has 0 aliphatic heterocycles. The average Bonchev–Trinajstić information content (AvgIpc) is 2.45. The molecule has 0 amide bonds. The maximum Gasteiger partial charge on any atom is 0.191 e. The van der Waals surface area contributed by atoms with Gasteiger partial charge in [0, 0.05) is 29.5 Å². The van der Waals surface area contributed by atoms with Gasteiger partial charge in [0.1, 0.15) is 0 Å². The Morgan fingerprint density at radius 2 is 1.95 bits per heavy atom. The highest BCUT2D eigenvalue weighted by Gasteiger charge is 1.97. The number of hydrogen-bond donors (Lipinski definition) is 2. The van der Waals surface area contributed by atoms with E-state index < -0.39 is 0 Å². The van der Waals surface area contributed by atoms with Crippen LogP contribution in [-0.4, -0.2) is 43.4 Å². The minimum atomic E-state index is 0.863. The van der Waals surface area contributed by atoms with Gasteiger partial charge in [-0.1, -0.05) is 18.2 Å². The number of thioether (sulfide) groups is 2. The van der Waals surface area contributed by atoms with E-state index in [0.29, 0.717) is 0 Å². The lowest BCUT2D eigenvalue weighted by atomic mass is 10.4. The van der Waals surface area contributed by atoms with Gasteiger partial charge in [0.2, 0.25) is 0 Å². The van der Waals surface area contributed by atoms with E-state index in [9.17, 15) is 0 Å². The monoisotopic (exact) mass is 297 g/mol. The fourth-order valence-electron chi connectivity index (χ4n) is 1.45. The van der Waals surface area contributed by atoms with Crippen LogP contribution in [0.3, 0.4) is 0 Å². The van der Waals surface area contributed by atoms with E-state index in [2.05, 4.69) is 53.1 Å². The van der Waals surface area contributed by atoms with Gasteiger partial charge in [0.15, 0.2) is 5.96 Å². The Morgan fingerprint density at radius 3 is 2.63 bits per heavy atom. The summed E-state index contributed by atoms with van der Waals surface area (Å²) < 4.78 is 0. The fourth-order valence-corrected chi connectivity index (χ4v) is 2.51. The van der Waals surface area contributed by atoms with Crippen molar-refractivity contribution in [1.29, 1.82) is 0 Å². The molecule has 19 heavy (non-hydrogen) atoms. The zero-order valence-corrected chi connectivity index (χ0v) is 13.3. The predicted molar refractivity (Wildman–Crippen MR) is 89.5 cm³/mol. The second-order valence-corrected chi connectivity index (χ2v) is 6.00. The Bertz CT molecular complexity index is 355. The van der Waals surface area contributed by atoms with Crippen molar-refractivity contribution in [2.75, 3.05) is 37.4 Å². The zero-order valence-electron chi connectivity index (χ0n) is 11.7. The van der Waals surface area contributed by atoms with Crippen LogP contribution < -0.4 is 10.6 Å². The summed E-state index contributed by atoms with van der Waals surface area (Å²) in [7, 11) is 0. The summed E-state index contributed by atoms with van der Waals surface area (Å²) >= 11 is 3.68. The van der Waals surface area contributed by atoms with Crippen molar-refractivity contribution < 1.29 is 0 Å². The molecule has 0 aliphatic rings. The molecule has 0 spiro atoms. The quantitative estimate of drug-likeness (QED) is 0.335. The number of nitrogens with one attached hydrogen (secondary N) is 2. The SMILES string of the molecule is CCNC(=NCCSC)NCCSc1ccccc1. The van der Waals surface area contributed by atoms with E-state index in [-0.39, 0.29) is 0 Å². The highest BCUT2D eigenvalue weighted by atomic mass is 32.2. The van der Waals surface area contributed by atoms with Crippen molar-refractivity contribution in [2.45, 2.75) is 11.8 Å². The van der Waals surface area contributed by atoms with Gasteiger partial charge in [0.25, 0.3) is 0 Å². The summed E-state index contributed by atoms with van der Waals surface area (Å²) in [5, 5.41) is 6.62. The summed E-state index contributed by atoms with van der Waals surface area (Å²) in [4.78, 5) is 5.83. The molecule has 0 saturated heterocycles. The van der Waals surface area contributed by atoms with Gasteiger partial charge in [-0.3, -0.25) is 4.99 Å². The van der Waals surface area contributed by atoms with E-state index in [1.165, 1.54) is 4.90 Å². The van der Waals surface area contributed by atoms with Gasteiger partial charge in [-0.15, -0.1) is 11.8 Å². The molecule has 0 aliphatic carbocycles. The number of aliphatic imine (C=N–C) groups is 1. The van der Waals surface area contributed by atoms with Crippen molar-refractivity contribution in [3.8, 4) is 0 Å². The van der Waals surface area contributed by atoms with Crippen molar-refractivity contribution in [2.24, 2.45) is 4.99 Å². The first kappa shape index (κ1) is 16.2. The van der Waals surface area contributed by atoms with E-state index in [0.717, 1.165) is 37.1 Å². The molecule has 1 rings (SSSR count). The molecule has 106 valence electrons. The average molecular weight is 297 g/mol. The molecule has 5 heteroatoms. The molecule has 0 radical (unpaired) electrons. The van der Waals surface area contributed by atoms with Crippen LogP contribution in [0, 0.1) is 0 Å². The predicted octanol–water partition coefficient (Wildman–Crippen LogP) is 2.70. The van der Waals surface area contributed by atoms with Gasteiger partial charge < -0.3 is 10.6 Å². The largest absolute Gasteiger partial charge is 0.357 e. The Morgan fingerprint density at radius 1 is 1.16 bits per heavy atom. The lowest BCUT2D eigenvalue weighted by molar-refractivity contribution is 0.850. The summed E-state index contributed by atoms with van der Waals surface area (Å²) in [6, 6.07) is 10.5. The van der Waals surface area contributed by atoms with Gasteiger partial charge in [0.05, 0.1) is 6.54 Å². The molecule has 0 aromatic heterocycles. The molecule has 0 fully saturated rings. The molecule has 0 bridgehead atoms. The molecular formula is C14H23N3S2. The number of hydrogen-bond acceptors (Lipinski definition) is 3. The van der Waals surface area contributed by atoms with Crippen LogP contribution in [0.5, 0.6) is 0 Å². The lowest BCUT2D eigenvalue weighted by Gasteiger charge is -2.10. The molecule has 0 unspecified atom stereocenters. The third kappa shape index (κ3) is 8.06. The number of benzene rings is 1. The molecular weight excluding hydrogens is 274 g/mol. The highest BCUT2D eigenvalue weighted by Crippen LogP contribution is 2.15. The molecule has 0 atom stereocenters. The van der Waals surface area contributed by atoms with Crippen LogP contribution in [0.15, 0.2) is 40.2 Å². The van der Waals surface area contributed by atoms with Crippen LogP contribution in [0.1, 0.15) is 6.92 Å². The van der Waals surface area contributed by atoms with Crippen molar-refractivity contribution in [1.82, 2.24) is 10.6 Å². The first-order chi connectivity index (χ1) is 9.36. The molecule has 0 saturated carbocycles. The van der Waals surface area contributed by atoms with Gasteiger partial charge in [-0.05, 0) is 25.3 Å². The first-order valence-electron chi connectivity index (χ1n) is 6.55. The maximum absolute atomic E-state index is 4.51. The van der Waals surface area contributed by atoms with Crippen molar-refractivity contribution in [3.05, 3.63) is 30.3 Å². The van der Waals surface area contributed by atoms with Crippen LogP contribution in [0.25, 0.3) is 0 Å². The normalized spacial score (nSPS) is 11.4.